The molecule has 126 valence electrons. The van der Waals surface area contributed by atoms with Gasteiger partial charge in [0.2, 0.25) is 5.43 Å². The number of aryl methyl sites for hydroxylation is 1. The van der Waals surface area contributed by atoms with Crippen molar-refractivity contribution in [2.75, 3.05) is 13.1 Å². The van der Waals surface area contributed by atoms with Crippen LogP contribution < -0.4 is 5.43 Å². The summed E-state index contributed by atoms with van der Waals surface area (Å²) in [5.74, 6) is 0.160. The number of benzene rings is 2. The van der Waals surface area contributed by atoms with Crippen LogP contribution in [0.4, 0.5) is 0 Å². The van der Waals surface area contributed by atoms with Crippen molar-refractivity contribution in [2.45, 2.75) is 19.3 Å². The lowest BCUT2D eigenvalue weighted by atomic mass is 9.94. The Balaban J connectivity index is 1.61. The van der Waals surface area contributed by atoms with E-state index >= 15 is 0 Å². The van der Waals surface area contributed by atoms with Crippen LogP contribution in [0.1, 0.15) is 33.8 Å². The second-order valence-electron chi connectivity index (χ2n) is 6.67. The minimum absolute atomic E-state index is 0.178. The average Bonchev–Trinajstić information content (AvgIpc) is 3.12. The minimum atomic E-state index is -0.196. The van der Waals surface area contributed by atoms with Crippen molar-refractivity contribution >= 4 is 16.8 Å². The number of aromatic nitrogens is 1. The van der Waals surface area contributed by atoms with Crippen LogP contribution in [0.15, 0.2) is 59.5 Å². The number of pyridine rings is 1. The van der Waals surface area contributed by atoms with Gasteiger partial charge in [0, 0.05) is 36.1 Å². The lowest BCUT2D eigenvalue weighted by Gasteiger charge is -2.17. The molecule has 1 aliphatic rings. The molecule has 4 rings (SSSR count). The van der Waals surface area contributed by atoms with Crippen LogP contribution in [-0.4, -0.2) is 28.9 Å². The molecular weight excluding hydrogens is 312 g/mol. The van der Waals surface area contributed by atoms with Crippen LogP contribution in [0.2, 0.25) is 0 Å². The predicted octanol–water partition coefficient (Wildman–Crippen LogP) is 3.47. The molecule has 1 saturated heterocycles. The molecule has 1 N–H and O–H groups in total. The van der Waals surface area contributed by atoms with Crippen LogP contribution in [-0.2, 0) is 0 Å². The van der Waals surface area contributed by atoms with E-state index in [0.29, 0.717) is 24.4 Å². The largest absolute Gasteiger partial charge is 0.360 e. The summed E-state index contributed by atoms with van der Waals surface area (Å²) in [7, 11) is 0. The number of fused-ring (bicyclic) bond motifs is 1. The van der Waals surface area contributed by atoms with Gasteiger partial charge in [-0.15, -0.1) is 0 Å². The number of hydrogen-bond donors (Lipinski definition) is 1. The van der Waals surface area contributed by atoms with E-state index in [-0.39, 0.29) is 16.9 Å². The van der Waals surface area contributed by atoms with Gasteiger partial charge in [-0.3, -0.25) is 9.59 Å². The van der Waals surface area contributed by atoms with Crippen LogP contribution in [0.25, 0.3) is 10.9 Å². The smallest absolute Gasteiger partial charge is 0.259 e. The number of aromatic amines is 1. The maximum atomic E-state index is 12.9. The molecule has 0 bridgehead atoms. The maximum Gasteiger partial charge on any atom is 0.259 e. The number of rotatable bonds is 2. The van der Waals surface area contributed by atoms with Gasteiger partial charge in [-0.25, -0.2) is 0 Å². The predicted molar refractivity (Wildman–Crippen MR) is 99.0 cm³/mol. The van der Waals surface area contributed by atoms with Crippen molar-refractivity contribution in [2.24, 2.45) is 0 Å². The number of para-hydroxylation sites is 1. The Morgan fingerprint density at radius 2 is 1.88 bits per heavy atom. The highest BCUT2D eigenvalue weighted by molar-refractivity contribution is 5.97. The molecule has 0 spiro atoms. The third-order valence-electron chi connectivity index (χ3n) is 5.12. The van der Waals surface area contributed by atoms with E-state index in [1.54, 1.807) is 17.2 Å². The summed E-state index contributed by atoms with van der Waals surface area (Å²) in [5, 5.41) is 0.558. The summed E-state index contributed by atoms with van der Waals surface area (Å²) >= 11 is 0. The standard InChI is InChI=1S/C21H20N2O2/c1-14-6-2-3-7-16(14)15-10-11-23(13-15)21(25)18-12-22-19-9-5-4-8-17(19)20(18)24/h2-9,12,15H,10-11,13H2,1H3,(H,22,24)/t15-/m1/s1. The molecule has 1 aliphatic heterocycles. The van der Waals surface area contributed by atoms with Gasteiger partial charge in [-0.1, -0.05) is 36.4 Å². The van der Waals surface area contributed by atoms with E-state index in [1.807, 2.05) is 30.3 Å². The van der Waals surface area contributed by atoms with Gasteiger partial charge < -0.3 is 9.88 Å². The molecule has 1 fully saturated rings. The van der Waals surface area contributed by atoms with Gasteiger partial charge >= 0.3 is 0 Å². The van der Waals surface area contributed by atoms with Crippen LogP contribution >= 0.6 is 0 Å². The molecule has 3 aromatic rings. The number of H-pyrrole nitrogens is 1. The molecule has 0 saturated carbocycles. The van der Waals surface area contributed by atoms with Gasteiger partial charge in [0.25, 0.3) is 5.91 Å². The number of carbonyl (C=O) groups excluding carboxylic acids is 1. The Kier molecular flexibility index (Phi) is 3.88. The van der Waals surface area contributed by atoms with Crippen molar-refractivity contribution in [3.8, 4) is 0 Å². The summed E-state index contributed by atoms with van der Waals surface area (Å²) < 4.78 is 0. The summed E-state index contributed by atoms with van der Waals surface area (Å²) in [6, 6.07) is 15.6. The van der Waals surface area contributed by atoms with Crippen molar-refractivity contribution in [3.05, 3.63) is 81.6 Å². The van der Waals surface area contributed by atoms with Crippen molar-refractivity contribution in [1.82, 2.24) is 9.88 Å². The van der Waals surface area contributed by atoms with Gasteiger partial charge in [-0.05, 0) is 36.6 Å². The molecule has 1 atom stereocenters. The lowest BCUT2D eigenvalue weighted by Crippen LogP contribution is -2.32. The molecule has 4 heteroatoms. The third kappa shape index (κ3) is 2.74. The first-order valence-electron chi connectivity index (χ1n) is 8.60. The van der Waals surface area contributed by atoms with Crippen LogP contribution in [0.3, 0.4) is 0 Å². The Morgan fingerprint density at radius 3 is 2.72 bits per heavy atom. The normalized spacial score (nSPS) is 17.2. The van der Waals surface area contributed by atoms with Crippen molar-refractivity contribution < 1.29 is 4.79 Å². The van der Waals surface area contributed by atoms with Gasteiger partial charge in [-0.2, -0.15) is 0 Å². The summed E-state index contributed by atoms with van der Waals surface area (Å²) in [5.41, 5.74) is 3.33. The first-order chi connectivity index (χ1) is 12.1. The highest BCUT2D eigenvalue weighted by Crippen LogP contribution is 2.29. The molecule has 0 radical (unpaired) electrons. The Bertz CT molecular complexity index is 1010. The van der Waals surface area contributed by atoms with Crippen LogP contribution in [0, 0.1) is 6.92 Å². The van der Waals surface area contributed by atoms with Crippen molar-refractivity contribution in [3.63, 3.8) is 0 Å². The van der Waals surface area contributed by atoms with E-state index in [1.165, 1.54) is 11.1 Å². The highest BCUT2D eigenvalue weighted by atomic mass is 16.2. The van der Waals surface area contributed by atoms with Gasteiger partial charge in [0.05, 0.1) is 0 Å². The Labute approximate surface area is 146 Å². The maximum absolute atomic E-state index is 12.9. The number of nitrogens with zero attached hydrogens (tertiary/aromatic N) is 1. The zero-order valence-electron chi connectivity index (χ0n) is 14.2. The van der Waals surface area contributed by atoms with E-state index in [0.717, 1.165) is 11.9 Å². The molecule has 25 heavy (non-hydrogen) atoms. The monoisotopic (exact) mass is 332 g/mol. The second kappa shape index (κ2) is 6.20. The first-order valence-corrected chi connectivity index (χ1v) is 8.60. The topological polar surface area (TPSA) is 53.2 Å². The SMILES string of the molecule is Cc1ccccc1[C@@H]1CCN(C(=O)c2c[nH]c3ccccc3c2=O)C1. The average molecular weight is 332 g/mol. The Hall–Kier alpha value is -2.88. The molecule has 0 unspecified atom stereocenters. The number of nitrogens with one attached hydrogen (secondary N) is 1. The minimum Gasteiger partial charge on any atom is -0.360 e. The van der Waals surface area contributed by atoms with Crippen LogP contribution in [0.5, 0.6) is 0 Å². The highest BCUT2D eigenvalue weighted by Gasteiger charge is 2.29. The molecule has 0 aliphatic carbocycles. The number of amides is 1. The van der Waals surface area contributed by atoms with E-state index in [4.69, 9.17) is 0 Å². The fourth-order valence-electron chi connectivity index (χ4n) is 3.74. The zero-order chi connectivity index (χ0) is 17.4. The molecular formula is C21H20N2O2. The quantitative estimate of drug-likeness (QED) is 0.781. The molecule has 2 heterocycles. The van der Waals surface area contributed by atoms with Gasteiger partial charge in [0.15, 0.2) is 0 Å². The third-order valence-corrected chi connectivity index (χ3v) is 5.12. The first kappa shape index (κ1) is 15.6. The van der Waals surface area contributed by atoms with E-state index < -0.39 is 0 Å². The fraction of sp³-hybridized carbons (Fsp3) is 0.238. The summed E-state index contributed by atoms with van der Waals surface area (Å²) in [6.45, 7) is 3.45. The fourth-order valence-corrected chi connectivity index (χ4v) is 3.74. The van der Waals surface area contributed by atoms with E-state index in [2.05, 4.69) is 24.0 Å². The van der Waals surface area contributed by atoms with Crippen molar-refractivity contribution in [1.29, 1.82) is 0 Å². The number of likely N-dealkylation sites (tertiary alicyclic amines) is 1. The number of carbonyl (C=O) groups is 1. The number of hydrogen-bond acceptors (Lipinski definition) is 2. The summed E-state index contributed by atoms with van der Waals surface area (Å²) in [6.07, 6.45) is 2.48. The second-order valence-corrected chi connectivity index (χ2v) is 6.67. The van der Waals surface area contributed by atoms with Gasteiger partial charge in [0.1, 0.15) is 5.56 Å². The lowest BCUT2D eigenvalue weighted by molar-refractivity contribution is 0.0789. The molecule has 2 aromatic carbocycles. The molecule has 1 amide bonds. The summed E-state index contributed by atoms with van der Waals surface area (Å²) in [4.78, 5) is 30.4. The zero-order valence-corrected chi connectivity index (χ0v) is 14.2. The Morgan fingerprint density at radius 1 is 1.12 bits per heavy atom. The van der Waals surface area contributed by atoms with E-state index in [9.17, 15) is 9.59 Å². The molecule has 1 aromatic heterocycles. The molecule has 4 nitrogen and oxygen atoms in total.